The summed E-state index contributed by atoms with van der Waals surface area (Å²) < 4.78 is 18.7. The number of carbonyl (C=O) groups is 4. The molecule has 5 bridgehead atoms. The van der Waals surface area contributed by atoms with Gasteiger partial charge in [-0.25, -0.2) is 0 Å². The average molecular weight is 729 g/mol. The normalized spacial score (nSPS) is 31.8. The quantitative estimate of drug-likeness (QED) is 0.342. The second-order valence-electron chi connectivity index (χ2n) is 11.9. The number of benzene rings is 2. The Bertz CT molecular complexity index is 1590. The van der Waals surface area contributed by atoms with Crippen LogP contribution in [0.15, 0.2) is 77.3 Å². The van der Waals surface area contributed by atoms with Crippen LogP contribution in [0, 0.1) is 11.8 Å². The van der Waals surface area contributed by atoms with Gasteiger partial charge in [0.05, 0.1) is 25.2 Å². The number of cyclic esters (lactones) is 1. The Hall–Kier alpha value is -3.55. The van der Waals surface area contributed by atoms with Gasteiger partial charge in [-0.2, -0.15) is 0 Å². The number of carbonyl (C=O) groups excluding carboxylic acids is 4. The van der Waals surface area contributed by atoms with Gasteiger partial charge < -0.3 is 34.4 Å². The number of β-amino-alcohol motifs (C(OH)–C–C–N with tert-alkyl or cyclic N) is 1. The fraction of sp³-hybridized carbons (Fsp3) is 0.412. The van der Waals surface area contributed by atoms with E-state index in [-0.39, 0.29) is 32.0 Å². The van der Waals surface area contributed by atoms with E-state index in [1.807, 2.05) is 12.1 Å². The Morgan fingerprint density at radius 3 is 2.49 bits per heavy atom. The number of nitrogens with zero attached hydrogens (tertiary/aromatic N) is 2. The minimum atomic E-state index is -1.51. The molecule has 0 radical (unpaired) electrons. The topological polar surface area (TPSA) is 135 Å². The van der Waals surface area contributed by atoms with Crippen LogP contribution in [-0.4, -0.2) is 90.9 Å². The molecule has 2 fully saturated rings. The standard InChI is InChI=1S/C34H35BrClN3O8/c1-45-19-24-28(20-8-4-2-5-9-20)46-33(44)26-27-31(42)39(16-17-40)30(34(27)18-23(35)29(26)47-34)32(43)38(22-13-11-21(36)12-14-22)15-7-3-6-10-25(41)37-24/h2-5,7-9,11-14,18,24,26-30,40H,6,10,15-17,19H2,1H3,(H,37,41)/b7-3-/t24-,26+,27-,28-,29+,30+,34-/m1/s1. The van der Waals surface area contributed by atoms with Crippen molar-refractivity contribution in [3.8, 4) is 0 Å². The smallest absolute Gasteiger partial charge is 0.313 e. The van der Waals surface area contributed by atoms with Crippen molar-refractivity contribution >= 4 is 56.9 Å². The largest absolute Gasteiger partial charge is 0.455 e. The monoisotopic (exact) mass is 727 g/mol. The number of fused-ring (bicyclic) bond motifs is 2. The summed E-state index contributed by atoms with van der Waals surface area (Å²) in [5.41, 5.74) is -0.363. The van der Waals surface area contributed by atoms with Gasteiger partial charge in [-0.05, 0) is 42.3 Å². The number of nitrogens with one attached hydrogen (secondary N) is 1. The molecule has 4 heterocycles. The predicted octanol–water partition coefficient (Wildman–Crippen LogP) is 3.30. The molecule has 3 amide bonds. The molecule has 2 N–H and O–H groups in total. The van der Waals surface area contributed by atoms with Crippen LogP contribution in [0.25, 0.3) is 0 Å². The molecule has 248 valence electrons. The van der Waals surface area contributed by atoms with Gasteiger partial charge in [0.1, 0.15) is 29.8 Å². The first kappa shape index (κ1) is 33.4. The molecule has 2 saturated heterocycles. The lowest BCUT2D eigenvalue weighted by molar-refractivity contribution is -0.162. The fourth-order valence-corrected chi connectivity index (χ4v) is 7.97. The number of anilines is 1. The summed E-state index contributed by atoms with van der Waals surface area (Å²) in [4.78, 5) is 59.2. The lowest BCUT2D eigenvalue weighted by atomic mass is 9.74. The van der Waals surface area contributed by atoms with Crippen LogP contribution in [0.3, 0.4) is 0 Å². The molecule has 4 aliphatic rings. The maximum Gasteiger partial charge on any atom is 0.313 e. The van der Waals surface area contributed by atoms with E-state index < -0.39 is 66.1 Å². The number of esters is 1. The van der Waals surface area contributed by atoms with Gasteiger partial charge >= 0.3 is 5.97 Å². The number of aliphatic hydroxyl groups is 1. The number of methoxy groups -OCH3 is 1. The highest BCUT2D eigenvalue weighted by atomic mass is 79.9. The van der Waals surface area contributed by atoms with Gasteiger partial charge in [0.15, 0.2) is 0 Å². The van der Waals surface area contributed by atoms with E-state index in [1.54, 1.807) is 60.7 Å². The van der Waals surface area contributed by atoms with E-state index >= 15 is 0 Å². The van der Waals surface area contributed by atoms with Crippen molar-refractivity contribution in [2.75, 3.05) is 38.3 Å². The van der Waals surface area contributed by atoms with Crippen molar-refractivity contribution in [3.05, 3.63) is 87.9 Å². The first-order chi connectivity index (χ1) is 22.7. The van der Waals surface area contributed by atoms with E-state index in [4.69, 9.17) is 25.8 Å². The maximum absolute atomic E-state index is 14.7. The lowest BCUT2D eigenvalue weighted by Crippen LogP contribution is -2.56. The van der Waals surface area contributed by atoms with Crippen molar-refractivity contribution in [2.24, 2.45) is 11.8 Å². The molecular weight excluding hydrogens is 694 g/mol. The molecule has 2 aromatic carbocycles. The van der Waals surface area contributed by atoms with Crippen molar-refractivity contribution in [3.63, 3.8) is 0 Å². The molecule has 4 aliphatic heterocycles. The van der Waals surface area contributed by atoms with Gasteiger partial charge in [0, 0.05) is 41.8 Å². The molecule has 2 aromatic rings. The lowest BCUT2D eigenvalue weighted by Gasteiger charge is -2.35. The van der Waals surface area contributed by atoms with Gasteiger partial charge in [-0.1, -0.05) is 70.0 Å². The van der Waals surface area contributed by atoms with Gasteiger partial charge in [-0.3, -0.25) is 19.2 Å². The van der Waals surface area contributed by atoms with Crippen molar-refractivity contribution in [1.82, 2.24) is 10.2 Å². The van der Waals surface area contributed by atoms with Gasteiger partial charge in [-0.15, -0.1) is 0 Å². The Balaban J connectivity index is 1.47. The zero-order valence-corrected chi connectivity index (χ0v) is 27.9. The molecule has 0 saturated carbocycles. The Labute approximate surface area is 285 Å². The molecule has 0 unspecified atom stereocenters. The second kappa shape index (κ2) is 13.9. The van der Waals surface area contributed by atoms with Crippen molar-refractivity contribution < 1.29 is 38.5 Å². The molecule has 11 nitrogen and oxygen atoms in total. The number of hydrogen-bond donors (Lipinski definition) is 2. The maximum atomic E-state index is 14.7. The number of allylic oxidation sites excluding steroid dienone is 1. The van der Waals surface area contributed by atoms with Crippen molar-refractivity contribution in [1.29, 1.82) is 0 Å². The highest BCUT2D eigenvalue weighted by molar-refractivity contribution is 9.11. The summed E-state index contributed by atoms with van der Waals surface area (Å²) in [6.07, 6.45) is 3.96. The highest BCUT2D eigenvalue weighted by Crippen LogP contribution is 2.59. The van der Waals surface area contributed by atoms with Crippen LogP contribution < -0.4 is 10.2 Å². The first-order valence-electron chi connectivity index (χ1n) is 15.4. The average Bonchev–Trinajstić information content (AvgIpc) is 3.65. The number of ether oxygens (including phenoxy) is 3. The summed E-state index contributed by atoms with van der Waals surface area (Å²) in [5.74, 6) is -4.18. The van der Waals surface area contributed by atoms with Crippen LogP contribution in [0.4, 0.5) is 5.69 Å². The fourth-order valence-electron chi connectivity index (χ4n) is 7.11. The summed E-state index contributed by atoms with van der Waals surface area (Å²) in [5, 5.41) is 13.5. The molecule has 0 aliphatic carbocycles. The van der Waals surface area contributed by atoms with E-state index in [2.05, 4.69) is 21.2 Å². The summed E-state index contributed by atoms with van der Waals surface area (Å²) in [6.45, 7) is -0.390. The molecule has 0 aromatic heterocycles. The zero-order valence-electron chi connectivity index (χ0n) is 25.6. The number of likely N-dealkylation sites (tertiary alicyclic amines) is 1. The Morgan fingerprint density at radius 1 is 1.04 bits per heavy atom. The third kappa shape index (κ3) is 6.13. The van der Waals surface area contributed by atoms with E-state index in [9.17, 15) is 24.3 Å². The van der Waals surface area contributed by atoms with Gasteiger partial charge in [0.25, 0.3) is 5.91 Å². The van der Waals surface area contributed by atoms with E-state index in [1.165, 1.54) is 16.9 Å². The third-order valence-corrected chi connectivity index (χ3v) is 10.0. The highest BCUT2D eigenvalue weighted by Gasteiger charge is 2.75. The van der Waals surface area contributed by atoms with Crippen molar-refractivity contribution in [2.45, 2.75) is 42.7 Å². The summed E-state index contributed by atoms with van der Waals surface area (Å²) in [6, 6.07) is 13.8. The minimum absolute atomic E-state index is 0.0474. The third-order valence-electron chi connectivity index (χ3n) is 9.10. The van der Waals surface area contributed by atoms with Crippen LogP contribution in [0.5, 0.6) is 0 Å². The zero-order chi connectivity index (χ0) is 33.3. The Kier molecular flexibility index (Phi) is 9.86. The van der Waals surface area contributed by atoms with E-state index in [0.717, 1.165) is 0 Å². The number of amides is 3. The molecule has 1 spiro atoms. The van der Waals surface area contributed by atoms with Crippen LogP contribution >= 0.6 is 27.5 Å². The van der Waals surface area contributed by atoms with Gasteiger partial charge in [0.2, 0.25) is 11.8 Å². The molecule has 6 rings (SSSR count). The molecule has 7 atom stereocenters. The molecule has 13 heteroatoms. The SMILES string of the molecule is COC[C@H]1NC(=O)CC/C=C\CN(c2ccc(Cl)cc2)C(=O)[C@@H]2N(CCO)C(=O)[C@H]3[C@H](C(=O)O[C@@H]1c1ccccc1)[C@H]1O[C@@]23C=C1Br. The predicted molar refractivity (Wildman–Crippen MR) is 175 cm³/mol. The Morgan fingerprint density at radius 2 is 1.79 bits per heavy atom. The number of halogens is 2. The molecular formula is C34H35BrClN3O8. The summed E-state index contributed by atoms with van der Waals surface area (Å²) in [7, 11) is 1.49. The first-order valence-corrected chi connectivity index (χ1v) is 16.6. The minimum Gasteiger partial charge on any atom is -0.455 e. The number of rotatable bonds is 6. The summed E-state index contributed by atoms with van der Waals surface area (Å²) >= 11 is 9.71. The second-order valence-corrected chi connectivity index (χ2v) is 13.3. The van der Waals surface area contributed by atoms with Crippen LogP contribution in [-0.2, 0) is 33.4 Å². The number of hydrogen-bond acceptors (Lipinski definition) is 8. The van der Waals surface area contributed by atoms with E-state index in [0.29, 0.717) is 27.2 Å². The van der Waals surface area contributed by atoms with Crippen LogP contribution in [0.1, 0.15) is 24.5 Å². The molecule has 47 heavy (non-hydrogen) atoms. The number of aliphatic hydroxyl groups excluding tert-OH is 1. The van der Waals surface area contributed by atoms with Crippen LogP contribution in [0.2, 0.25) is 5.02 Å².